The van der Waals surface area contributed by atoms with Crippen LogP contribution in [0.5, 0.6) is 17.4 Å². The van der Waals surface area contributed by atoms with Crippen molar-refractivity contribution in [2.45, 2.75) is 44.7 Å². The van der Waals surface area contributed by atoms with E-state index in [1.54, 1.807) is 37.6 Å². The largest absolute Gasteiger partial charge is 0.493 e. The minimum absolute atomic E-state index is 0.0798. The highest BCUT2D eigenvalue weighted by Gasteiger charge is 2.25. The first kappa shape index (κ1) is 24.3. The molecule has 0 unspecified atom stereocenters. The molecule has 1 aliphatic rings. The first-order valence-corrected chi connectivity index (χ1v) is 11.8. The van der Waals surface area contributed by atoms with Crippen LogP contribution in [0.2, 0.25) is 0 Å². The Morgan fingerprint density at radius 1 is 1.00 bits per heavy atom. The molecule has 1 saturated carbocycles. The summed E-state index contributed by atoms with van der Waals surface area (Å²) in [7, 11) is 5.52. The third-order valence-electron chi connectivity index (χ3n) is 6.06. The highest BCUT2D eigenvalue weighted by atomic mass is 16.5. The molecule has 1 fully saturated rings. The van der Waals surface area contributed by atoms with E-state index in [2.05, 4.69) is 25.6 Å². The van der Waals surface area contributed by atoms with Crippen LogP contribution >= 0.6 is 0 Å². The van der Waals surface area contributed by atoms with Crippen LogP contribution in [-0.2, 0) is 0 Å². The topological polar surface area (TPSA) is 102 Å². The van der Waals surface area contributed by atoms with Gasteiger partial charge in [0, 0.05) is 44.1 Å². The number of hydrogen-bond acceptors (Lipinski definition) is 8. The van der Waals surface area contributed by atoms with Crippen LogP contribution < -0.4 is 25.0 Å². The summed E-state index contributed by atoms with van der Waals surface area (Å²) >= 11 is 0. The average molecular weight is 477 g/mol. The summed E-state index contributed by atoms with van der Waals surface area (Å²) in [5.41, 5.74) is 1.43. The minimum Gasteiger partial charge on any atom is -0.493 e. The molecule has 9 nitrogen and oxygen atoms in total. The van der Waals surface area contributed by atoms with Crippen LogP contribution in [0.15, 0.2) is 48.8 Å². The van der Waals surface area contributed by atoms with Crippen molar-refractivity contribution in [3.05, 3.63) is 59.9 Å². The van der Waals surface area contributed by atoms with Crippen LogP contribution in [0, 0.1) is 6.92 Å². The molecule has 0 aliphatic heterocycles. The zero-order chi connectivity index (χ0) is 24.8. The minimum atomic E-state index is -0.197. The maximum atomic E-state index is 13.1. The number of carbonyl (C=O) groups is 1. The maximum Gasteiger partial charge on any atom is 0.257 e. The molecule has 184 valence electrons. The van der Waals surface area contributed by atoms with Crippen molar-refractivity contribution in [1.82, 2.24) is 20.3 Å². The molecule has 1 aliphatic carbocycles. The van der Waals surface area contributed by atoms with Crippen molar-refractivity contribution < 1.29 is 14.3 Å². The Balaban J connectivity index is 1.35. The zero-order valence-electron chi connectivity index (χ0n) is 20.6. The molecule has 9 heteroatoms. The van der Waals surface area contributed by atoms with Gasteiger partial charge in [-0.2, -0.15) is 4.98 Å². The summed E-state index contributed by atoms with van der Waals surface area (Å²) in [6.45, 7) is 2.00. The third kappa shape index (κ3) is 5.98. The Bertz CT molecular complexity index is 1160. The van der Waals surface area contributed by atoms with Gasteiger partial charge in [-0.25, -0.2) is 9.97 Å². The highest BCUT2D eigenvalue weighted by molar-refractivity contribution is 5.96. The number of aryl methyl sites for hydroxylation is 1. The lowest BCUT2D eigenvalue weighted by Crippen LogP contribution is -2.40. The van der Waals surface area contributed by atoms with E-state index in [-0.39, 0.29) is 23.9 Å². The first-order chi connectivity index (χ1) is 16.9. The SMILES string of the molecule is COc1ccccc1Oc1ncccc1C(=O)N[C@H]1CC[C@@H](Nc2ncc(C)c(N(C)C)n2)CC1. The molecule has 3 aromatic rings. The van der Waals surface area contributed by atoms with Gasteiger partial charge in [-0.15, -0.1) is 0 Å². The molecular formula is C26H32N6O3. The molecule has 0 saturated heterocycles. The van der Waals surface area contributed by atoms with Gasteiger partial charge in [0.1, 0.15) is 11.4 Å². The Morgan fingerprint density at radius 2 is 1.71 bits per heavy atom. The van der Waals surface area contributed by atoms with Gasteiger partial charge in [0.15, 0.2) is 11.5 Å². The molecule has 4 rings (SSSR count). The van der Waals surface area contributed by atoms with Gasteiger partial charge in [0.2, 0.25) is 11.8 Å². The van der Waals surface area contributed by atoms with Crippen molar-refractivity contribution in [2.24, 2.45) is 0 Å². The van der Waals surface area contributed by atoms with Crippen molar-refractivity contribution in [3.8, 4) is 17.4 Å². The standard InChI is InChI=1S/C26H32N6O3/c1-17-16-28-26(31-23(17)32(2)3)30-19-13-11-18(12-14-19)29-24(33)20-8-7-15-27-25(20)35-22-10-6-5-9-21(22)34-4/h5-10,15-16,18-19H,11-14H2,1-4H3,(H,29,33)(H,28,30,31)/t18-,19+. The Kier molecular flexibility index (Phi) is 7.64. The molecular weight excluding hydrogens is 444 g/mol. The Hall–Kier alpha value is -3.88. The lowest BCUT2D eigenvalue weighted by atomic mass is 9.91. The Morgan fingerprint density at radius 3 is 2.43 bits per heavy atom. The number of anilines is 2. The lowest BCUT2D eigenvalue weighted by Gasteiger charge is -2.30. The van der Waals surface area contributed by atoms with E-state index in [0.717, 1.165) is 37.1 Å². The number of aromatic nitrogens is 3. The fourth-order valence-corrected chi connectivity index (χ4v) is 4.24. The van der Waals surface area contributed by atoms with Gasteiger partial charge in [0.05, 0.1) is 7.11 Å². The second-order valence-corrected chi connectivity index (χ2v) is 8.87. The summed E-state index contributed by atoms with van der Waals surface area (Å²) < 4.78 is 11.3. The van der Waals surface area contributed by atoms with Crippen LogP contribution in [0.4, 0.5) is 11.8 Å². The number of pyridine rings is 1. The molecule has 1 amide bonds. The first-order valence-electron chi connectivity index (χ1n) is 11.8. The number of nitrogens with zero attached hydrogens (tertiary/aromatic N) is 4. The summed E-state index contributed by atoms with van der Waals surface area (Å²) in [5.74, 6) is 2.68. The van der Waals surface area contributed by atoms with Crippen molar-refractivity contribution in [3.63, 3.8) is 0 Å². The van der Waals surface area contributed by atoms with Crippen LogP contribution in [0.25, 0.3) is 0 Å². The number of nitrogens with one attached hydrogen (secondary N) is 2. The number of hydrogen-bond donors (Lipinski definition) is 2. The second-order valence-electron chi connectivity index (χ2n) is 8.87. The predicted molar refractivity (Wildman–Crippen MR) is 136 cm³/mol. The van der Waals surface area contributed by atoms with Crippen LogP contribution in [0.1, 0.15) is 41.6 Å². The highest BCUT2D eigenvalue weighted by Crippen LogP contribution is 2.31. The number of methoxy groups -OCH3 is 1. The van der Waals surface area contributed by atoms with Gasteiger partial charge in [0.25, 0.3) is 5.91 Å². The predicted octanol–water partition coefficient (Wildman–Crippen LogP) is 4.20. The van der Waals surface area contributed by atoms with E-state index in [4.69, 9.17) is 9.47 Å². The van der Waals surface area contributed by atoms with Gasteiger partial charge in [-0.3, -0.25) is 4.79 Å². The smallest absolute Gasteiger partial charge is 0.257 e. The molecule has 2 N–H and O–H groups in total. The van der Waals surface area contributed by atoms with Crippen molar-refractivity contribution in [1.29, 1.82) is 0 Å². The van der Waals surface area contributed by atoms with E-state index < -0.39 is 0 Å². The molecule has 0 bridgehead atoms. The van der Waals surface area contributed by atoms with Crippen molar-refractivity contribution >= 4 is 17.7 Å². The summed E-state index contributed by atoms with van der Waals surface area (Å²) in [5, 5.41) is 6.60. The quantitative estimate of drug-likeness (QED) is 0.499. The van der Waals surface area contributed by atoms with Crippen LogP contribution in [-0.4, -0.2) is 54.1 Å². The molecule has 0 atom stereocenters. The monoisotopic (exact) mass is 476 g/mol. The lowest BCUT2D eigenvalue weighted by molar-refractivity contribution is 0.0923. The average Bonchev–Trinajstić information content (AvgIpc) is 2.87. The number of ether oxygens (including phenoxy) is 2. The number of benzene rings is 1. The van der Waals surface area contributed by atoms with E-state index in [1.807, 2.05) is 44.2 Å². The molecule has 2 aromatic heterocycles. The Labute approximate surface area is 205 Å². The van der Waals surface area contributed by atoms with E-state index >= 15 is 0 Å². The maximum absolute atomic E-state index is 13.1. The third-order valence-corrected chi connectivity index (χ3v) is 6.06. The number of para-hydroxylation sites is 2. The molecule has 2 heterocycles. The van der Waals surface area contributed by atoms with Crippen molar-refractivity contribution in [2.75, 3.05) is 31.4 Å². The molecule has 0 radical (unpaired) electrons. The van der Waals surface area contributed by atoms with E-state index in [0.29, 0.717) is 23.0 Å². The summed E-state index contributed by atoms with van der Waals surface area (Å²) in [4.78, 5) is 28.4. The zero-order valence-corrected chi connectivity index (χ0v) is 20.6. The van der Waals surface area contributed by atoms with E-state index in [1.165, 1.54) is 0 Å². The molecule has 0 spiro atoms. The normalized spacial score (nSPS) is 17.4. The fraction of sp³-hybridized carbons (Fsp3) is 0.385. The van der Waals surface area contributed by atoms with Crippen LogP contribution in [0.3, 0.4) is 0 Å². The van der Waals surface area contributed by atoms with Gasteiger partial charge in [-0.1, -0.05) is 12.1 Å². The number of rotatable bonds is 8. The fourth-order valence-electron chi connectivity index (χ4n) is 4.24. The van der Waals surface area contributed by atoms with Gasteiger partial charge in [-0.05, 0) is 56.9 Å². The summed E-state index contributed by atoms with van der Waals surface area (Å²) in [6, 6.07) is 11.1. The van der Waals surface area contributed by atoms with Gasteiger partial charge < -0.3 is 25.0 Å². The van der Waals surface area contributed by atoms with E-state index in [9.17, 15) is 4.79 Å². The second kappa shape index (κ2) is 11.0. The molecule has 1 aromatic carbocycles. The number of carbonyl (C=O) groups excluding carboxylic acids is 1. The number of amides is 1. The van der Waals surface area contributed by atoms with Gasteiger partial charge >= 0.3 is 0 Å². The summed E-state index contributed by atoms with van der Waals surface area (Å²) in [6.07, 6.45) is 6.99. The molecule has 35 heavy (non-hydrogen) atoms.